The number of rotatable bonds is 6. The molecule has 1 radical (unpaired) electrons. The van der Waals surface area contributed by atoms with Crippen LogP contribution in [0.5, 0.6) is 0 Å². The largest absolute Gasteiger partial charge is 0.466 e. The summed E-state index contributed by atoms with van der Waals surface area (Å²) < 4.78 is 4.78. The summed E-state index contributed by atoms with van der Waals surface area (Å²) in [6.07, 6.45) is 5.15. The van der Waals surface area contributed by atoms with Crippen molar-refractivity contribution in [2.75, 3.05) is 6.61 Å². The van der Waals surface area contributed by atoms with E-state index in [1.807, 2.05) is 6.92 Å². The molecule has 0 aliphatic heterocycles. The minimum absolute atomic E-state index is 0. The zero-order valence-corrected chi connectivity index (χ0v) is 10.6. The molecule has 0 saturated carbocycles. The second kappa shape index (κ2) is 11.5. The Bertz CT molecular complexity index is 105. The Hall–Kier alpha value is 0.470. The summed E-state index contributed by atoms with van der Waals surface area (Å²) in [7, 11) is 0. The number of ether oxygens (including phenoxy) is 1. The average Bonchev–Trinajstić information content (AvgIpc) is 1.99. The molecular formula is C9H18NaO2. The second-order valence-electron chi connectivity index (χ2n) is 2.62. The van der Waals surface area contributed by atoms with Crippen molar-refractivity contribution in [2.24, 2.45) is 0 Å². The molecule has 0 rings (SSSR count). The Morgan fingerprint density at radius 1 is 1.17 bits per heavy atom. The van der Waals surface area contributed by atoms with Gasteiger partial charge >= 0.3 is 5.97 Å². The molecule has 0 unspecified atom stereocenters. The number of carbonyl (C=O) groups excluding carboxylic acids is 1. The molecule has 0 spiro atoms. The molecule has 0 N–H and O–H groups in total. The molecule has 0 aromatic heterocycles. The molecule has 2 nitrogen and oxygen atoms in total. The molecule has 0 aromatic rings. The molecule has 0 saturated heterocycles. The fourth-order valence-corrected chi connectivity index (χ4v) is 0.929. The van der Waals surface area contributed by atoms with Crippen LogP contribution >= 0.6 is 0 Å². The van der Waals surface area contributed by atoms with Crippen LogP contribution < -0.4 is 0 Å². The average molecular weight is 181 g/mol. The standard InChI is InChI=1S/C9H18O2.Na/c1-3-5-6-7-8-9(10)11-4-2;/h3-8H2,1-2H3;. The van der Waals surface area contributed by atoms with Gasteiger partial charge in [0.15, 0.2) is 0 Å². The molecule has 0 fully saturated rings. The molecule has 0 aliphatic rings. The Balaban J connectivity index is 0. The minimum atomic E-state index is -0.0522. The van der Waals surface area contributed by atoms with E-state index in [0.29, 0.717) is 13.0 Å². The molecular weight excluding hydrogens is 163 g/mol. The Labute approximate surface area is 97.3 Å². The van der Waals surface area contributed by atoms with Crippen LogP contribution in [0.15, 0.2) is 0 Å². The van der Waals surface area contributed by atoms with E-state index < -0.39 is 0 Å². The second-order valence-corrected chi connectivity index (χ2v) is 2.62. The number of hydrogen-bond acceptors (Lipinski definition) is 2. The van der Waals surface area contributed by atoms with Gasteiger partial charge in [-0.3, -0.25) is 4.79 Å². The number of carbonyl (C=O) groups is 1. The summed E-state index contributed by atoms with van der Waals surface area (Å²) in [6, 6.07) is 0. The first-order valence-corrected chi connectivity index (χ1v) is 4.46. The van der Waals surface area contributed by atoms with Crippen LogP contribution in [-0.4, -0.2) is 42.1 Å². The summed E-state index contributed by atoms with van der Waals surface area (Å²) >= 11 is 0. The van der Waals surface area contributed by atoms with Crippen LogP contribution in [0, 0.1) is 0 Å². The van der Waals surface area contributed by atoms with Crippen LogP contribution in [0.25, 0.3) is 0 Å². The zero-order valence-electron chi connectivity index (χ0n) is 8.56. The van der Waals surface area contributed by atoms with E-state index in [-0.39, 0.29) is 35.5 Å². The van der Waals surface area contributed by atoms with Gasteiger partial charge in [0.05, 0.1) is 6.61 Å². The third-order valence-corrected chi connectivity index (χ3v) is 1.54. The number of esters is 1. The Morgan fingerprint density at radius 3 is 2.33 bits per heavy atom. The quantitative estimate of drug-likeness (QED) is 0.356. The monoisotopic (exact) mass is 181 g/mol. The predicted molar refractivity (Wildman–Crippen MR) is 51.1 cm³/mol. The van der Waals surface area contributed by atoms with Gasteiger partial charge in [0, 0.05) is 36.0 Å². The first-order valence-electron chi connectivity index (χ1n) is 4.46. The molecule has 0 bridgehead atoms. The van der Waals surface area contributed by atoms with Crippen LogP contribution in [0.3, 0.4) is 0 Å². The Kier molecular flexibility index (Phi) is 14.3. The summed E-state index contributed by atoms with van der Waals surface area (Å²) in [4.78, 5) is 10.8. The van der Waals surface area contributed by atoms with Crippen LogP contribution in [0.1, 0.15) is 46.0 Å². The van der Waals surface area contributed by atoms with Gasteiger partial charge in [0.25, 0.3) is 0 Å². The Morgan fingerprint density at radius 2 is 1.83 bits per heavy atom. The molecule has 0 heterocycles. The van der Waals surface area contributed by atoms with Crippen molar-refractivity contribution in [3.05, 3.63) is 0 Å². The minimum Gasteiger partial charge on any atom is -0.466 e. The van der Waals surface area contributed by atoms with Gasteiger partial charge in [-0.25, -0.2) is 0 Å². The first-order chi connectivity index (χ1) is 5.31. The SMILES string of the molecule is CCCCCCC(=O)OCC.[Na]. The van der Waals surface area contributed by atoms with Gasteiger partial charge in [0.2, 0.25) is 0 Å². The van der Waals surface area contributed by atoms with Crippen LogP contribution in [-0.2, 0) is 9.53 Å². The van der Waals surface area contributed by atoms with Crippen molar-refractivity contribution in [2.45, 2.75) is 46.0 Å². The van der Waals surface area contributed by atoms with Gasteiger partial charge in [-0.15, -0.1) is 0 Å². The molecule has 0 aliphatic carbocycles. The van der Waals surface area contributed by atoms with E-state index >= 15 is 0 Å². The molecule has 12 heavy (non-hydrogen) atoms. The zero-order chi connectivity index (χ0) is 8.53. The van der Waals surface area contributed by atoms with Crippen molar-refractivity contribution in [3.63, 3.8) is 0 Å². The van der Waals surface area contributed by atoms with E-state index in [2.05, 4.69) is 6.92 Å². The van der Waals surface area contributed by atoms with Gasteiger partial charge in [-0.05, 0) is 13.3 Å². The van der Waals surface area contributed by atoms with E-state index in [0.717, 1.165) is 12.8 Å². The van der Waals surface area contributed by atoms with Crippen molar-refractivity contribution in [1.82, 2.24) is 0 Å². The predicted octanol–water partition coefficient (Wildman–Crippen LogP) is 2.14. The van der Waals surface area contributed by atoms with Crippen molar-refractivity contribution in [1.29, 1.82) is 0 Å². The maximum absolute atomic E-state index is 10.8. The number of unbranched alkanes of at least 4 members (excludes halogenated alkanes) is 3. The van der Waals surface area contributed by atoms with Crippen molar-refractivity contribution < 1.29 is 9.53 Å². The van der Waals surface area contributed by atoms with Crippen molar-refractivity contribution >= 4 is 35.5 Å². The third-order valence-electron chi connectivity index (χ3n) is 1.54. The summed E-state index contributed by atoms with van der Waals surface area (Å²) in [6.45, 7) is 4.50. The van der Waals surface area contributed by atoms with E-state index in [1.165, 1.54) is 12.8 Å². The molecule has 0 amide bonds. The third kappa shape index (κ3) is 10.5. The van der Waals surface area contributed by atoms with E-state index in [4.69, 9.17) is 4.74 Å². The summed E-state index contributed by atoms with van der Waals surface area (Å²) in [5, 5.41) is 0. The normalized spacial score (nSPS) is 8.83. The maximum atomic E-state index is 10.8. The number of hydrogen-bond donors (Lipinski definition) is 0. The summed E-state index contributed by atoms with van der Waals surface area (Å²) in [5.41, 5.74) is 0. The maximum Gasteiger partial charge on any atom is 0.305 e. The molecule has 67 valence electrons. The topological polar surface area (TPSA) is 26.3 Å². The van der Waals surface area contributed by atoms with E-state index in [9.17, 15) is 4.79 Å². The van der Waals surface area contributed by atoms with Gasteiger partial charge in [0.1, 0.15) is 0 Å². The van der Waals surface area contributed by atoms with E-state index in [1.54, 1.807) is 0 Å². The van der Waals surface area contributed by atoms with Gasteiger partial charge in [-0.2, -0.15) is 0 Å². The fourth-order valence-electron chi connectivity index (χ4n) is 0.929. The first kappa shape index (κ1) is 15.0. The smallest absolute Gasteiger partial charge is 0.305 e. The summed E-state index contributed by atoms with van der Waals surface area (Å²) in [5.74, 6) is -0.0522. The molecule has 0 atom stereocenters. The van der Waals surface area contributed by atoms with Crippen LogP contribution in [0.4, 0.5) is 0 Å². The van der Waals surface area contributed by atoms with Gasteiger partial charge in [-0.1, -0.05) is 26.2 Å². The molecule has 3 heteroatoms. The van der Waals surface area contributed by atoms with Gasteiger partial charge < -0.3 is 4.74 Å². The van der Waals surface area contributed by atoms with Crippen molar-refractivity contribution in [3.8, 4) is 0 Å². The fraction of sp³-hybridized carbons (Fsp3) is 0.889. The van der Waals surface area contributed by atoms with Crippen LogP contribution in [0.2, 0.25) is 0 Å². The molecule has 0 aromatic carbocycles.